The Balaban J connectivity index is 2.69. The SMILES string of the molecule is COc1cc(C(C)/C=C/C(=O)O)on1. The highest BCUT2D eigenvalue weighted by Crippen LogP contribution is 2.20. The average Bonchev–Trinajstić information content (AvgIpc) is 2.62. The standard InChI is InChI=1S/C9H11NO4/c1-6(3-4-9(11)12)7-5-8(13-2)10-14-7/h3-6H,1-2H3,(H,11,12)/b4-3+. The van der Waals surface area contributed by atoms with Gasteiger partial charge >= 0.3 is 5.97 Å². The largest absolute Gasteiger partial charge is 0.479 e. The van der Waals surface area contributed by atoms with Crippen molar-refractivity contribution in [1.29, 1.82) is 0 Å². The van der Waals surface area contributed by atoms with E-state index in [0.717, 1.165) is 6.08 Å². The molecule has 0 bridgehead atoms. The minimum atomic E-state index is -0.983. The number of aromatic nitrogens is 1. The zero-order valence-electron chi connectivity index (χ0n) is 7.93. The van der Waals surface area contributed by atoms with Crippen molar-refractivity contribution in [2.45, 2.75) is 12.8 Å². The topological polar surface area (TPSA) is 72.6 Å². The second-order valence-corrected chi connectivity index (χ2v) is 2.76. The number of carboxylic acid groups (broad SMARTS) is 1. The van der Waals surface area contributed by atoms with Crippen molar-refractivity contribution in [3.8, 4) is 5.88 Å². The van der Waals surface area contributed by atoms with Gasteiger partial charge in [0.25, 0.3) is 5.88 Å². The Labute approximate surface area is 81.0 Å². The van der Waals surface area contributed by atoms with Gasteiger partial charge in [0.05, 0.1) is 7.11 Å². The summed E-state index contributed by atoms with van der Waals surface area (Å²) in [6.45, 7) is 1.80. The third kappa shape index (κ3) is 2.62. The molecule has 0 saturated heterocycles. The molecule has 1 rings (SSSR count). The Morgan fingerprint density at radius 1 is 1.79 bits per heavy atom. The average molecular weight is 197 g/mol. The predicted molar refractivity (Wildman–Crippen MR) is 48.2 cm³/mol. The zero-order chi connectivity index (χ0) is 10.6. The van der Waals surface area contributed by atoms with Crippen molar-refractivity contribution >= 4 is 5.97 Å². The van der Waals surface area contributed by atoms with Crippen LogP contribution in [0.1, 0.15) is 18.6 Å². The molecule has 1 N–H and O–H groups in total. The Morgan fingerprint density at radius 3 is 3.00 bits per heavy atom. The van der Waals surface area contributed by atoms with Crippen LogP contribution >= 0.6 is 0 Å². The van der Waals surface area contributed by atoms with Gasteiger partial charge in [-0.3, -0.25) is 0 Å². The molecule has 0 aliphatic carbocycles. The Kier molecular flexibility index (Phi) is 3.28. The van der Waals surface area contributed by atoms with Gasteiger partial charge in [-0.05, 0) is 5.16 Å². The Hall–Kier alpha value is -1.78. The van der Waals surface area contributed by atoms with E-state index in [1.165, 1.54) is 13.2 Å². The van der Waals surface area contributed by atoms with E-state index in [1.807, 2.05) is 0 Å². The van der Waals surface area contributed by atoms with E-state index in [4.69, 9.17) is 14.4 Å². The van der Waals surface area contributed by atoms with Gasteiger partial charge in [-0.1, -0.05) is 13.0 Å². The van der Waals surface area contributed by atoms with Crippen LogP contribution in [0, 0.1) is 0 Å². The minimum Gasteiger partial charge on any atom is -0.479 e. The van der Waals surface area contributed by atoms with Crippen molar-refractivity contribution in [2.24, 2.45) is 0 Å². The number of hydrogen-bond acceptors (Lipinski definition) is 4. The van der Waals surface area contributed by atoms with Gasteiger partial charge in [0.15, 0.2) is 0 Å². The molecule has 0 saturated carbocycles. The van der Waals surface area contributed by atoms with E-state index in [-0.39, 0.29) is 5.92 Å². The number of nitrogens with zero attached hydrogens (tertiary/aromatic N) is 1. The van der Waals surface area contributed by atoms with Gasteiger partial charge in [-0.2, -0.15) is 0 Å². The van der Waals surface area contributed by atoms with E-state index >= 15 is 0 Å². The molecule has 0 amide bonds. The van der Waals surface area contributed by atoms with E-state index in [0.29, 0.717) is 11.6 Å². The lowest BCUT2D eigenvalue weighted by Crippen LogP contribution is -1.90. The fourth-order valence-corrected chi connectivity index (χ4v) is 0.904. The van der Waals surface area contributed by atoms with Crippen LogP contribution < -0.4 is 4.74 Å². The molecule has 0 aliphatic heterocycles. The summed E-state index contributed by atoms with van der Waals surface area (Å²) in [7, 11) is 1.49. The third-order valence-corrected chi connectivity index (χ3v) is 1.69. The highest BCUT2D eigenvalue weighted by atomic mass is 16.5. The molecular formula is C9H11NO4. The van der Waals surface area contributed by atoms with Crippen LogP contribution in [0.3, 0.4) is 0 Å². The summed E-state index contributed by atoms with van der Waals surface area (Å²) in [4.78, 5) is 10.2. The number of rotatable bonds is 4. The molecule has 0 radical (unpaired) electrons. The first-order valence-corrected chi connectivity index (χ1v) is 4.05. The van der Waals surface area contributed by atoms with Crippen LogP contribution in [0.5, 0.6) is 5.88 Å². The number of allylic oxidation sites excluding steroid dienone is 1. The summed E-state index contributed by atoms with van der Waals surface area (Å²) in [5, 5.41) is 12.0. The molecule has 0 aromatic carbocycles. The first kappa shape index (κ1) is 10.3. The third-order valence-electron chi connectivity index (χ3n) is 1.69. The fourth-order valence-electron chi connectivity index (χ4n) is 0.904. The normalized spacial score (nSPS) is 13.0. The molecule has 1 atom stereocenters. The summed E-state index contributed by atoms with van der Waals surface area (Å²) in [5.74, 6) is -0.166. The molecule has 0 fully saturated rings. The monoisotopic (exact) mass is 197 g/mol. The van der Waals surface area contributed by atoms with Gasteiger partial charge in [0.1, 0.15) is 5.76 Å². The lowest BCUT2D eigenvalue weighted by atomic mass is 10.1. The molecule has 5 heteroatoms. The maximum absolute atomic E-state index is 10.2. The quantitative estimate of drug-likeness (QED) is 0.739. The van der Waals surface area contributed by atoms with Gasteiger partial charge < -0.3 is 14.4 Å². The van der Waals surface area contributed by atoms with E-state index in [9.17, 15) is 4.79 Å². The van der Waals surface area contributed by atoms with Crippen molar-refractivity contribution in [2.75, 3.05) is 7.11 Å². The summed E-state index contributed by atoms with van der Waals surface area (Å²) in [5.41, 5.74) is 0. The van der Waals surface area contributed by atoms with Crippen LogP contribution in [0.2, 0.25) is 0 Å². The first-order chi connectivity index (χ1) is 6.63. The number of carboxylic acids is 1. The van der Waals surface area contributed by atoms with E-state index < -0.39 is 5.97 Å². The van der Waals surface area contributed by atoms with Crippen LogP contribution in [0.25, 0.3) is 0 Å². The maximum atomic E-state index is 10.2. The molecule has 14 heavy (non-hydrogen) atoms. The lowest BCUT2D eigenvalue weighted by Gasteiger charge is -1.97. The number of aliphatic carboxylic acids is 1. The molecule has 1 aromatic rings. The van der Waals surface area contributed by atoms with E-state index in [1.54, 1.807) is 13.0 Å². The van der Waals surface area contributed by atoms with Crippen molar-refractivity contribution in [3.63, 3.8) is 0 Å². The van der Waals surface area contributed by atoms with Crippen LogP contribution in [0.15, 0.2) is 22.7 Å². The smallest absolute Gasteiger partial charge is 0.327 e. The summed E-state index contributed by atoms with van der Waals surface area (Å²) < 4.78 is 9.76. The number of carbonyl (C=O) groups is 1. The zero-order valence-corrected chi connectivity index (χ0v) is 7.93. The molecular weight excluding hydrogens is 186 g/mol. The molecule has 0 spiro atoms. The van der Waals surface area contributed by atoms with Gasteiger partial charge in [0.2, 0.25) is 0 Å². The molecule has 1 aromatic heterocycles. The second kappa shape index (κ2) is 4.45. The van der Waals surface area contributed by atoms with Gasteiger partial charge in [-0.15, -0.1) is 0 Å². The molecule has 5 nitrogen and oxygen atoms in total. The summed E-state index contributed by atoms with van der Waals surface area (Å²) in [6, 6.07) is 1.62. The number of hydrogen-bond donors (Lipinski definition) is 1. The minimum absolute atomic E-state index is 0.137. The fraction of sp³-hybridized carbons (Fsp3) is 0.333. The Morgan fingerprint density at radius 2 is 2.50 bits per heavy atom. The lowest BCUT2D eigenvalue weighted by molar-refractivity contribution is -0.131. The van der Waals surface area contributed by atoms with Crippen molar-refractivity contribution in [3.05, 3.63) is 24.0 Å². The molecule has 1 unspecified atom stereocenters. The van der Waals surface area contributed by atoms with Crippen molar-refractivity contribution < 1.29 is 19.2 Å². The van der Waals surface area contributed by atoms with Crippen molar-refractivity contribution in [1.82, 2.24) is 5.16 Å². The molecule has 76 valence electrons. The predicted octanol–water partition coefficient (Wildman–Crippen LogP) is 1.43. The summed E-state index contributed by atoms with van der Waals surface area (Å²) >= 11 is 0. The Bertz CT molecular complexity index is 342. The van der Waals surface area contributed by atoms with E-state index in [2.05, 4.69) is 5.16 Å². The summed E-state index contributed by atoms with van der Waals surface area (Å²) in [6.07, 6.45) is 2.59. The molecule has 0 aliphatic rings. The van der Waals surface area contributed by atoms with Gasteiger partial charge in [0, 0.05) is 18.1 Å². The number of ether oxygens (including phenoxy) is 1. The van der Waals surface area contributed by atoms with Crippen LogP contribution in [-0.4, -0.2) is 23.3 Å². The van der Waals surface area contributed by atoms with Crippen LogP contribution in [-0.2, 0) is 4.79 Å². The second-order valence-electron chi connectivity index (χ2n) is 2.76. The molecule has 1 heterocycles. The number of methoxy groups -OCH3 is 1. The maximum Gasteiger partial charge on any atom is 0.327 e. The van der Waals surface area contributed by atoms with Crippen LogP contribution in [0.4, 0.5) is 0 Å². The van der Waals surface area contributed by atoms with Gasteiger partial charge in [-0.25, -0.2) is 4.79 Å². The highest BCUT2D eigenvalue weighted by molar-refractivity contribution is 5.79. The highest BCUT2D eigenvalue weighted by Gasteiger charge is 2.09. The first-order valence-electron chi connectivity index (χ1n) is 4.05.